The van der Waals surface area contributed by atoms with Crippen molar-refractivity contribution in [3.05, 3.63) is 24.3 Å². The highest BCUT2D eigenvalue weighted by molar-refractivity contribution is 7.80. The fourth-order valence-corrected chi connectivity index (χ4v) is 3.58. The minimum absolute atomic E-state index is 0.0645. The summed E-state index contributed by atoms with van der Waals surface area (Å²) in [5.41, 5.74) is 1.48. The number of amides is 2. The lowest BCUT2D eigenvalue weighted by molar-refractivity contribution is -0.121. The Labute approximate surface area is 167 Å². The highest BCUT2D eigenvalue weighted by Gasteiger charge is 2.21. The molecule has 0 radical (unpaired) electrons. The van der Waals surface area contributed by atoms with Crippen molar-refractivity contribution in [1.82, 2.24) is 5.32 Å². The lowest BCUT2D eigenvalue weighted by Gasteiger charge is -2.21. The van der Waals surface area contributed by atoms with Crippen LogP contribution in [0.4, 0.5) is 11.4 Å². The Hall–Kier alpha value is -1.95. The average molecular weight is 390 g/mol. The number of thiocarbonyl (C=S) groups is 1. The Bertz CT molecular complexity index is 642. The Morgan fingerprint density at radius 1 is 1.04 bits per heavy atom. The number of nitrogens with one attached hydrogen (secondary N) is 3. The summed E-state index contributed by atoms with van der Waals surface area (Å²) in [6.45, 7) is 2.14. The third-order valence-corrected chi connectivity index (χ3v) is 5.08. The molecule has 2 rings (SSSR count). The molecule has 3 N–H and O–H groups in total. The van der Waals surface area contributed by atoms with Crippen LogP contribution in [-0.2, 0) is 9.59 Å². The van der Waals surface area contributed by atoms with Crippen LogP contribution in [0.2, 0.25) is 0 Å². The molecule has 0 bridgehead atoms. The first-order chi connectivity index (χ1) is 13.1. The van der Waals surface area contributed by atoms with Gasteiger partial charge in [0.2, 0.25) is 11.8 Å². The van der Waals surface area contributed by atoms with Crippen LogP contribution in [0.3, 0.4) is 0 Å². The smallest absolute Gasteiger partial charge is 0.227 e. The van der Waals surface area contributed by atoms with Gasteiger partial charge in [-0.2, -0.15) is 0 Å². The number of benzene rings is 1. The summed E-state index contributed by atoms with van der Waals surface area (Å²) in [6.07, 6.45) is 10.2. The Morgan fingerprint density at radius 2 is 1.74 bits per heavy atom. The van der Waals surface area contributed by atoms with Gasteiger partial charge in [0.15, 0.2) is 5.11 Å². The summed E-state index contributed by atoms with van der Waals surface area (Å²) < 4.78 is 0. The molecule has 5 nitrogen and oxygen atoms in total. The maximum Gasteiger partial charge on any atom is 0.227 e. The molecule has 6 heteroatoms. The van der Waals surface area contributed by atoms with E-state index < -0.39 is 0 Å². The molecule has 0 saturated heterocycles. The first-order valence-electron chi connectivity index (χ1n) is 10.1. The van der Waals surface area contributed by atoms with E-state index in [1.807, 2.05) is 24.3 Å². The van der Waals surface area contributed by atoms with E-state index in [4.69, 9.17) is 12.2 Å². The number of rotatable bonds is 8. The van der Waals surface area contributed by atoms with Crippen LogP contribution in [0.15, 0.2) is 24.3 Å². The van der Waals surface area contributed by atoms with E-state index in [0.29, 0.717) is 6.42 Å². The van der Waals surface area contributed by atoms with Gasteiger partial charge in [0.1, 0.15) is 0 Å². The predicted molar refractivity (Wildman–Crippen MR) is 115 cm³/mol. The molecule has 0 aliphatic heterocycles. The monoisotopic (exact) mass is 389 g/mol. The molecule has 2 amide bonds. The summed E-state index contributed by atoms with van der Waals surface area (Å²) in [6, 6.07) is 7.41. The standard InChI is InChI=1S/C21H31N3O2S/c1-2-3-4-8-14-19(25)24-21(27)23-18-13-9-12-17(15-18)22-20(26)16-10-6-5-7-11-16/h9,12-13,15-16H,2-8,10-11,14H2,1H3,(H,22,26)(H2,23,24,25,27). The van der Waals surface area contributed by atoms with Crippen LogP contribution in [0, 0.1) is 5.92 Å². The maximum absolute atomic E-state index is 12.4. The van der Waals surface area contributed by atoms with Gasteiger partial charge in [0.25, 0.3) is 0 Å². The lowest BCUT2D eigenvalue weighted by atomic mass is 9.88. The second-order valence-electron chi connectivity index (χ2n) is 7.22. The summed E-state index contributed by atoms with van der Waals surface area (Å²) in [7, 11) is 0. The van der Waals surface area contributed by atoms with E-state index in [-0.39, 0.29) is 22.8 Å². The van der Waals surface area contributed by atoms with E-state index in [9.17, 15) is 9.59 Å². The van der Waals surface area contributed by atoms with E-state index in [2.05, 4.69) is 22.9 Å². The van der Waals surface area contributed by atoms with E-state index in [1.54, 1.807) is 0 Å². The zero-order chi connectivity index (χ0) is 19.5. The van der Waals surface area contributed by atoms with Crippen LogP contribution in [-0.4, -0.2) is 16.9 Å². The minimum atomic E-state index is -0.0645. The zero-order valence-electron chi connectivity index (χ0n) is 16.2. The highest BCUT2D eigenvalue weighted by Crippen LogP contribution is 2.25. The van der Waals surface area contributed by atoms with Gasteiger partial charge in [-0.15, -0.1) is 0 Å². The number of carbonyl (C=O) groups excluding carboxylic acids is 2. The number of anilines is 2. The third-order valence-electron chi connectivity index (χ3n) is 4.87. The van der Waals surface area contributed by atoms with Gasteiger partial charge >= 0.3 is 0 Å². The van der Waals surface area contributed by atoms with Crippen LogP contribution >= 0.6 is 12.2 Å². The van der Waals surface area contributed by atoms with Crippen molar-refractivity contribution in [2.24, 2.45) is 5.92 Å². The zero-order valence-corrected chi connectivity index (χ0v) is 17.0. The van der Waals surface area contributed by atoms with Crippen molar-refractivity contribution >= 4 is 40.5 Å². The number of hydrogen-bond acceptors (Lipinski definition) is 3. The molecular weight excluding hydrogens is 358 g/mol. The van der Waals surface area contributed by atoms with E-state index >= 15 is 0 Å². The van der Waals surface area contributed by atoms with Crippen LogP contribution < -0.4 is 16.0 Å². The van der Waals surface area contributed by atoms with Gasteiger partial charge < -0.3 is 16.0 Å². The molecule has 0 atom stereocenters. The number of hydrogen-bond donors (Lipinski definition) is 3. The van der Waals surface area contributed by atoms with Gasteiger partial charge in [-0.3, -0.25) is 9.59 Å². The minimum Gasteiger partial charge on any atom is -0.332 e. The van der Waals surface area contributed by atoms with Crippen LogP contribution in [0.1, 0.15) is 71.1 Å². The molecule has 1 aliphatic carbocycles. The molecular formula is C21H31N3O2S. The molecule has 1 aromatic rings. The molecule has 1 saturated carbocycles. The quantitative estimate of drug-likeness (QED) is 0.433. The molecule has 0 heterocycles. The van der Waals surface area contributed by atoms with Crippen molar-refractivity contribution in [3.63, 3.8) is 0 Å². The first-order valence-corrected chi connectivity index (χ1v) is 10.5. The van der Waals surface area contributed by atoms with Crippen LogP contribution in [0.5, 0.6) is 0 Å². The first kappa shape index (κ1) is 21.4. The number of unbranched alkanes of at least 4 members (excludes halogenated alkanes) is 3. The Kier molecular flexibility index (Phi) is 9.25. The molecule has 1 aromatic carbocycles. The maximum atomic E-state index is 12.4. The fraction of sp³-hybridized carbons (Fsp3) is 0.571. The second-order valence-corrected chi connectivity index (χ2v) is 7.63. The summed E-state index contributed by atoms with van der Waals surface area (Å²) in [5, 5.41) is 9.01. The van der Waals surface area contributed by atoms with Gasteiger partial charge in [0, 0.05) is 23.7 Å². The SMILES string of the molecule is CCCCCCC(=O)NC(=S)Nc1cccc(NC(=O)C2CCCCC2)c1. The predicted octanol–water partition coefficient (Wildman–Crippen LogP) is 4.99. The molecule has 0 spiro atoms. The summed E-state index contributed by atoms with van der Waals surface area (Å²) in [4.78, 5) is 24.3. The Morgan fingerprint density at radius 3 is 2.44 bits per heavy atom. The average Bonchev–Trinajstić information content (AvgIpc) is 2.66. The van der Waals surface area contributed by atoms with Gasteiger partial charge in [-0.25, -0.2) is 0 Å². The van der Waals surface area contributed by atoms with Crippen molar-refractivity contribution in [1.29, 1.82) is 0 Å². The molecule has 0 unspecified atom stereocenters. The fourth-order valence-electron chi connectivity index (χ4n) is 3.35. The summed E-state index contributed by atoms with van der Waals surface area (Å²) >= 11 is 5.22. The lowest BCUT2D eigenvalue weighted by Crippen LogP contribution is -2.33. The molecule has 27 heavy (non-hydrogen) atoms. The van der Waals surface area contributed by atoms with Crippen molar-refractivity contribution in [2.75, 3.05) is 10.6 Å². The summed E-state index contributed by atoms with van der Waals surface area (Å²) in [5.74, 6) is 0.142. The molecule has 148 valence electrons. The van der Waals surface area contributed by atoms with Gasteiger partial charge in [-0.05, 0) is 49.7 Å². The van der Waals surface area contributed by atoms with Crippen LogP contribution in [0.25, 0.3) is 0 Å². The van der Waals surface area contributed by atoms with E-state index in [1.165, 1.54) is 6.42 Å². The van der Waals surface area contributed by atoms with Crippen molar-refractivity contribution in [3.8, 4) is 0 Å². The van der Waals surface area contributed by atoms with E-state index in [0.717, 1.165) is 62.7 Å². The normalized spacial score (nSPS) is 14.4. The molecule has 0 aromatic heterocycles. The largest absolute Gasteiger partial charge is 0.332 e. The Balaban J connectivity index is 1.79. The second kappa shape index (κ2) is 11.7. The highest BCUT2D eigenvalue weighted by atomic mass is 32.1. The molecule has 1 fully saturated rings. The molecule has 1 aliphatic rings. The van der Waals surface area contributed by atoms with Gasteiger partial charge in [0.05, 0.1) is 0 Å². The number of carbonyl (C=O) groups is 2. The van der Waals surface area contributed by atoms with Crippen molar-refractivity contribution in [2.45, 2.75) is 71.1 Å². The van der Waals surface area contributed by atoms with Crippen molar-refractivity contribution < 1.29 is 9.59 Å². The third kappa shape index (κ3) is 8.08. The topological polar surface area (TPSA) is 70.2 Å². The van der Waals surface area contributed by atoms with Gasteiger partial charge in [-0.1, -0.05) is 51.5 Å².